The minimum absolute atomic E-state index is 0.0979. The van der Waals surface area contributed by atoms with E-state index < -0.39 is 0 Å². The Hall–Kier alpha value is -0.860. The number of nitrogens with one attached hydrogen (secondary N) is 1. The molecule has 0 aromatic heterocycles. The monoisotopic (exact) mass is 233 g/mol. The maximum atomic E-state index is 5.68. The van der Waals surface area contributed by atoms with Gasteiger partial charge in [0.2, 0.25) is 0 Å². The smallest absolute Gasteiger partial charge is 0.0643 e. The van der Waals surface area contributed by atoms with Crippen LogP contribution in [0.1, 0.15) is 30.5 Å². The predicted molar refractivity (Wildman–Crippen MR) is 71.4 cm³/mol. The van der Waals surface area contributed by atoms with Crippen molar-refractivity contribution in [3.63, 3.8) is 0 Å². The number of morpholine rings is 1. The van der Waals surface area contributed by atoms with Gasteiger partial charge in [-0.25, -0.2) is 0 Å². The van der Waals surface area contributed by atoms with E-state index in [4.69, 9.17) is 4.74 Å². The van der Waals surface area contributed by atoms with Crippen LogP contribution in [0.25, 0.3) is 0 Å². The lowest BCUT2D eigenvalue weighted by atomic mass is 9.96. The summed E-state index contributed by atoms with van der Waals surface area (Å²) in [6.45, 7) is 10.3. The molecular weight excluding hydrogens is 210 g/mol. The van der Waals surface area contributed by atoms with Crippen LogP contribution in [0.5, 0.6) is 0 Å². The first-order chi connectivity index (χ1) is 7.96. The average Bonchev–Trinajstić information content (AvgIpc) is 2.22. The summed E-state index contributed by atoms with van der Waals surface area (Å²) in [6.07, 6.45) is 1.05. The van der Waals surface area contributed by atoms with Gasteiger partial charge in [-0.2, -0.15) is 0 Å². The third-order valence-electron chi connectivity index (χ3n) is 3.35. The van der Waals surface area contributed by atoms with Crippen LogP contribution in [0, 0.1) is 13.8 Å². The lowest BCUT2D eigenvalue weighted by Gasteiger charge is -2.37. The van der Waals surface area contributed by atoms with Crippen LogP contribution in [0.2, 0.25) is 0 Å². The van der Waals surface area contributed by atoms with Crippen molar-refractivity contribution in [1.82, 2.24) is 5.32 Å². The summed E-state index contributed by atoms with van der Waals surface area (Å²) < 4.78 is 5.68. The molecule has 1 heterocycles. The van der Waals surface area contributed by atoms with Crippen LogP contribution in [0.3, 0.4) is 0 Å². The molecule has 2 heteroatoms. The summed E-state index contributed by atoms with van der Waals surface area (Å²) >= 11 is 0. The van der Waals surface area contributed by atoms with Gasteiger partial charge in [0.1, 0.15) is 0 Å². The third kappa shape index (κ3) is 3.30. The number of hydrogen-bond acceptors (Lipinski definition) is 2. The van der Waals surface area contributed by atoms with E-state index in [0.29, 0.717) is 6.04 Å². The highest BCUT2D eigenvalue weighted by atomic mass is 16.5. The highest BCUT2D eigenvalue weighted by Gasteiger charge is 2.27. The SMILES string of the molecule is Cc1ccc(C)c(CC2COCC(C)(C)N2)c1. The van der Waals surface area contributed by atoms with Crippen molar-refractivity contribution in [3.8, 4) is 0 Å². The zero-order valence-corrected chi connectivity index (χ0v) is 11.3. The molecule has 94 valence electrons. The highest BCUT2D eigenvalue weighted by Crippen LogP contribution is 2.17. The predicted octanol–water partition coefficient (Wildman–Crippen LogP) is 2.61. The summed E-state index contributed by atoms with van der Waals surface area (Å²) in [7, 11) is 0. The second-order valence-electron chi connectivity index (χ2n) is 5.87. The van der Waals surface area contributed by atoms with E-state index in [1.165, 1.54) is 16.7 Å². The second kappa shape index (κ2) is 4.79. The molecule has 1 unspecified atom stereocenters. The van der Waals surface area contributed by atoms with E-state index >= 15 is 0 Å². The lowest BCUT2D eigenvalue weighted by molar-refractivity contribution is 0.0135. The molecule has 1 N–H and O–H groups in total. The normalized spacial score (nSPS) is 23.6. The fraction of sp³-hybridized carbons (Fsp3) is 0.600. The van der Waals surface area contributed by atoms with Crippen molar-refractivity contribution in [2.75, 3.05) is 13.2 Å². The number of aryl methyl sites for hydroxylation is 2. The van der Waals surface area contributed by atoms with Gasteiger partial charge in [0.05, 0.1) is 13.2 Å². The first-order valence-electron chi connectivity index (χ1n) is 6.38. The first-order valence-corrected chi connectivity index (χ1v) is 6.38. The average molecular weight is 233 g/mol. The van der Waals surface area contributed by atoms with Gasteiger partial charge < -0.3 is 10.1 Å². The van der Waals surface area contributed by atoms with Crippen LogP contribution in [-0.4, -0.2) is 24.8 Å². The molecule has 1 aromatic carbocycles. The Labute approximate surface area is 104 Å². The molecule has 1 aromatic rings. The molecule has 17 heavy (non-hydrogen) atoms. The van der Waals surface area contributed by atoms with E-state index in [1.54, 1.807) is 0 Å². The summed E-state index contributed by atoms with van der Waals surface area (Å²) in [5, 5.41) is 3.66. The molecule has 1 saturated heterocycles. The van der Waals surface area contributed by atoms with Gasteiger partial charge in [-0.3, -0.25) is 0 Å². The third-order valence-corrected chi connectivity index (χ3v) is 3.35. The minimum atomic E-state index is 0.0979. The van der Waals surface area contributed by atoms with Crippen LogP contribution in [0.15, 0.2) is 18.2 Å². The Balaban J connectivity index is 2.07. The fourth-order valence-corrected chi connectivity index (χ4v) is 2.49. The summed E-state index contributed by atoms with van der Waals surface area (Å²) in [4.78, 5) is 0. The Kier molecular flexibility index (Phi) is 3.55. The molecule has 0 spiro atoms. The van der Waals surface area contributed by atoms with Gasteiger partial charge in [0, 0.05) is 11.6 Å². The van der Waals surface area contributed by atoms with Gasteiger partial charge in [0.25, 0.3) is 0 Å². The van der Waals surface area contributed by atoms with E-state index in [1.807, 2.05) is 0 Å². The highest BCUT2D eigenvalue weighted by molar-refractivity contribution is 5.31. The van der Waals surface area contributed by atoms with Crippen molar-refractivity contribution in [2.24, 2.45) is 0 Å². The van der Waals surface area contributed by atoms with Gasteiger partial charge in [-0.05, 0) is 45.2 Å². The molecule has 2 rings (SSSR count). The maximum Gasteiger partial charge on any atom is 0.0643 e. The van der Waals surface area contributed by atoms with Crippen molar-refractivity contribution in [3.05, 3.63) is 34.9 Å². The number of ether oxygens (including phenoxy) is 1. The number of benzene rings is 1. The van der Waals surface area contributed by atoms with E-state index in [-0.39, 0.29) is 5.54 Å². The molecule has 0 bridgehead atoms. The van der Waals surface area contributed by atoms with Crippen molar-refractivity contribution >= 4 is 0 Å². The van der Waals surface area contributed by atoms with Crippen LogP contribution < -0.4 is 5.32 Å². The molecular formula is C15H23NO. The standard InChI is InChI=1S/C15H23NO/c1-11-5-6-12(2)13(7-11)8-14-9-17-10-15(3,4)16-14/h5-7,14,16H,8-10H2,1-4H3. The molecule has 1 fully saturated rings. The molecule has 0 saturated carbocycles. The second-order valence-corrected chi connectivity index (χ2v) is 5.87. The largest absolute Gasteiger partial charge is 0.378 e. The van der Waals surface area contributed by atoms with Crippen LogP contribution >= 0.6 is 0 Å². The molecule has 0 amide bonds. The van der Waals surface area contributed by atoms with Gasteiger partial charge in [-0.1, -0.05) is 23.8 Å². The Morgan fingerprint density at radius 3 is 2.82 bits per heavy atom. The van der Waals surface area contributed by atoms with Crippen LogP contribution in [0.4, 0.5) is 0 Å². The number of rotatable bonds is 2. The summed E-state index contributed by atoms with van der Waals surface area (Å²) in [6, 6.07) is 7.10. The van der Waals surface area contributed by atoms with Gasteiger partial charge >= 0.3 is 0 Å². The first kappa shape index (κ1) is 12.6. The Morgan fingerprint density at radius 1 is 1.35 bits per heavy atom. The zero-order valence-electron chi connectivity index (χ0n) is 11.3. The van der Waals surface area contributed by atoms with Crippen molar-refractivity contribution in [2.45, 2.75) is 45.7 Å². The van der Waals surface area contributed by atoms with Crippen molar-refractivity contribution < 1.29 is 4.74 Å². The molecule has 1 aliphatic heterocycles. The van der Waals surface area contributed by atoms with E-state index in [9.17, 15) is 0 Å². The van der Waals surface area contributed by atoms with E-state index in [2.05, 4.69) is 51.2 Å². The van der Waals surface area contributed by atoms with Crippen molar-refractivity contribution in [1.29, 1.82) is 0 Å². The molecule has 1 aliphatic rings. The zero-order chi connectivity index (χ0) is 12.5. The quantitative estimate of drug-likeness (QED) is 0.848. The van der Waals surface area contributed by atoms with Crippen LogP contribution in [-0.2, 0) is 11.2 Å². The molecule has 1 atom stereocenters. The lowest BCUT2D eigenvalue weighted by Crippen LogP contribution is -2.56. The van der Waals surface area contributed by atoms with Gasteiger partial charge in [0.15, 0.2) is 0 Å². The molecule has 2 nitrogen and oxygen atoms in total. The molecule has 0 aliphatic carbocycles. The fourth-order valence-electron chi connectivity index (χ4n) is 2.49. The minimum Gasteiger partial charge on any atom is -0.378 e. The van der Waals surface area contributed by atoms with Gasteiger partial charge in [-0.15, -0.1) is 0 Å². The summed E-state index contributed by atoms with van der Waals surface area (Å²) in [5.74, 6) is 0. The Bertz CT molecular complexity index is 398. The Morgan fingerprint density at radius 2 is 2.12 bits per heavy atom. The maximum absolute atomic E-state index is 5.68. The number of hydrogen-bond donors (Lipinski definition) is 1. The molecule has 0 radical (unpaired) electrons. The topological polar surface area (TPSA) is 21.3 Å². The van der Waals surface area contributed by atoms with E-state index in [0.717, 1.165) is 19.6 Å². The summed E-state index contributed by atoms with van der Waals surface area (Å²) in [5.41, 5.74) is 4.24.